The normalized spacial score (nSPS) is 10.2. The molecular weight excluding hydrogens is 257 g/mol. The molecule has 1 aromatic heterocycles. The average Bonchev–Trinajstić information content (AvgIpc) is 2.39. The van der Waals surface area contributed by atoms with Crippen molar-refractivity contribution in [2.24, 2.45) is 0 Å². The van der Waals surface area contributed by atoms with E-state index in [4.69, 9.17) is 27.9 Å². The smallest absolute Gasteiger partial charge is 0.213 e. The lowest BCUT2D eigenvalue weighted by atomic mass is 10.2. The Labute approximate surface area is 110 Å². The van der Waals surface area contributed by atoms with Gasteiger partial charge in [0, 0.05) is 18.1 Å². The number of nitrogens with zero attached hydrogens (tertiary/aromatic N) is 1. The number of ether oxygens (including phenoxy) is 1. The highest BCUT2D eigenvalue weighted by molar-refractivity contribution is 6.32. The molecule has 0 unspecified atom stereocenters. The fourth-order valence-electron chi connectivity index (χ4n) is 1.37. The highest BCUT2D eigenvalue weighted by atomic mass is 35.5. The van der Waals surface area contributed by atoms with Crippen LogP contribution in [0.4, 0.5) is 0 Å². The van der Waals surface area contributed by atoms with Crippen LogP contribution >= 0.6 is 23.2 Å². The van der Waals surface area contributed by atoms with Crippen LogP contribution in [0.25, 0.3) is 0 Å². The molecule has 1 aromatic carbocycles. The third-order valence-electron chi connectivity index (χ3n) is 2.28. The Hall–Kier alpha value is -1.25. The third-order valence-corrected chi connectivity index (χ3v) is 2.91. The molecule has 0 aliphatic heterocycles. The summed E-state index contributed by atoms with van der Waals surface area (Å²) in [6.07, 6.45) is 1.56. The van der Waals surface area contributed by atoms with Gasteiger partial charge >= 0.3 is 0 Å². The van der Waals surface area contributed by atoms with Crippen molar-refractivity contribution < 1.29 is 4.74 Å². The molecule has 0 radical (unpaired) electrons. The molecule has 0 aliphatic carbocycles. The molecule has 1 heterocycles. The zero-order valence-corrected chi connectivity index (χ0v) is 10.6. The van der Waals surface area contributed by atoms with E-state index in [0.717, 1.165) is 11.1 Å². The fourth-order valence-corrected chi connectivity index (χ4v) is 1.83. The number of pyridine rings is 1. The minimum Gasteiger partial charge on any atom is -0.473 e. The molecule has 0 saturated heterocycles. The van der Waals surface area contributed by atoms with E-state index < -0.39 is 0 Å². The van der Waals surface area contributed by atoms with Crippen molar-refractivity contribution >= 4 is 23.2 Å². The number of hydrogen-bond acceptors (Lipinski definition) is 2. The van der Waals surface area contributed by atoms with Crippen molar-refractivity contribution in [2.45, 2.75) is 12.5 Å². The van der Waals surface area contributed by atoms with Gasteiger partial charge in [-0.1, -0.05) is 41.9 Å². The lowest BCUT2D eigenvalue weighted by Crippen LogP contribution is -1.97. The second-order valence-corrected chi connectivity index (χ2v) is 4.20. The molecule has 0 amide bonds. The van der Waals surface area contributed by atoms with Gasteiger partial charge in [0.15, 0.2) is 0 Å². The first-order chi connectivity index (χ1) is 8.29. The van der Waals surface area contributed by atoms with Crippen molar-refractivity contribution in [3.05, 3.63) is 58.7 Å². The van der Waals surface area contributed by atoms with E-state index in [1.807, 2.05) is 30.3 Å². The van der Waals surface area contributed by atoms with Gasteiger partial charge in [-0.25, -0.2) is 4.98 Å². The van der Waals surface area contributed by atoms with Crippen LogP contribution in [0.2, 0.25) is 5.02 Å². The zero-order valence-electron chi connectivity index (χ0n) is 9.07. The molecule has 4 heteroatoms. The van der Waals surface area contributed by atoms with Crippen LogP contribution in [0.5, 0.6) is 5.88 Å². The Morgan fingerprint density at radius 1 is 1.18 bits per heavy atom. The van der Waals surface area contributed by atoms with E-state index in [1.165, 1.54) is 0 Å². The van der Waals surface area contributed by atoms with Gasteiger partial charge < -0.3 is 4.74 Å². The molecule has 0 atom stereocenters. The standard InChI is InChI=1S/C13H11Cl2NO/c14-7-11-6-13(16-8-12(11)15)17-9-10-4-2-1-3-5-10/h1-6,8H,7,9H2. The van der Waals surface area contributed by atoms with Crippen LogP contribution in [0.15, 0.2) is 42.6 Å². The Kier molecular flexibility index (Phi) is 4.24. The number of aromatic nitrogens is 1. The second kappa shape index (κ2) is 5.89. The highest BCUT2D eigenvalue weighted by Crippen LogP contribution is 2.21. The number of benzene rings is 1. The third kappa shape index (κ3) is 3.35. The van der Waals surface area contributed by atoms with E-state index in [2.05, 4.69) is 4.98 Å². The Bertz CT molecular complexity index is 488. The predicted molar refractivity (Wildman–Crippen MR) is 69.6 cm³/mol. The molecule has 0 bridgehead atoms. The van der Waals surface area contributed by atoms with Crippen LogP contribution in [0.1, 0.15) is 11.1 Å². The molecule has 0 fully saturated rings. The minimum absolute atomic E-state index is 0.350. The van der Waals surface area contributed by atoms with Crippen LogP contribution < -0.4 is 4.74 Å². The van der Waals surface area contributed by atoms with Gasteiger partial charge in [0.25, 0.3) is 0 Å². The summed E-state index contributed by atoms with van der Waals surface area (Å²) in [5, 5.41) is 0.562. The maximum absolute atomic E-state index is 5.91. The van der Waals surface area contributed by atoms with E-state index in [-0.39, 0.29) is 0 Å². The SMILES string of the molecule is ClCc1cc(OCc2ccccc2)ncc1Cl. The minimum atomic E-state index is 0.350. The van der Waals surface area contributed by atoms with Crippen LogP contribution in [-0.4, -0.2) is 4.98 Å². The topological polar surface area (TPSA) is 22.1 Å². The first kappa shape index (κ1) is 12.2. The van der Waals surface area contributed by atoms with Crippen molar-refractivity contribution in [3.8, 4) is 5.88 Å². The number of rotatable bonds is 4. The summed E-state index contributed by atoms with van der Waals surface area (Å²) in [4.78, 5) is 4.09. The van der Waals surface area contributed by atoms with Crippen molar-refractivity contribution in [1.82, 2.24) is 4.98 Å². The molecule has 0 spiro atoms. The summed E-state index contributed by atoms with van der Waals surface area (Å²) in [5.41, 5.74) is 1.92. The van der Waals surface area contributed by atoms with E-state index >= 15 is 0 Å². The van der Waals surface area contributed by atoms with Crippen LogP contribution in [0, 0.1) is 0 Å². The van der Waals surface area contributed by atoms with Gasteiger partial charge in [-0.2, -0.15) is 0 Å². The highest BCUT2D eigenvalue weighted by Gasteiger charge is 2.03. The second-order valence-electron chi connectivity index (χ2n) is 3.52. The zero-order chi connectivity index (χ0) is 12.1. The quantitative estimate of drug-likeness (QED) is 0.780. The summed E-state index contributed by atoms with van der Waals surface area (Å²) < 4.78 is 5.56. The van der Waals surface area contributed by atoms with Gasteiger partial charge in [0.05, 0.1) is 5.02 Å². The van der Waals surface area contributed by atoms with E-state index in [9.17, 15) is 0 Å². The number of alkyl halides is 1. The summed E-state index contributed by atoms with van der Waals surface area (Å²) in [6.45, 7) is 0.483. The van der Waals surface area contributed by atoms with E-state index in [0.29, 0.717) is 23.4 Å². The first-order valence-corrected chi connectivity index (χ1v) is 6.08. The molecule has 17 heavy (non-hydrogen) atoms. The summed E-state index contributed by atoms with van der Waals surface area (Å²) >= 11 is 11.7. The maximum atomic E-state index is 5.91. The van der Waals surface area contributed by atoms with Gasteiger partial charge in [0.2, 0.25) is 5.88 Å². The predicted octanol–water partition coefficient (Wildman–Crippen LogP) is 4.05. The van der Waals surface area contributed by atoms with Gasteiger partial charge in [-0.15, -0.1) is 11.6 Å². The summed E-state index contributed by atoms with van der Waals surface area (Å²) in [6, 6.07) is 11.7. The monoisotopic (exact) mass is 267 g/mol. The molecule has 0 saturated carbocycles. The van der Waals surface area contributed by atoms with Crippen LogP contribution in [0.3, 0.4) is 0 Å². The maximum Gasteiger partial charge on any atom is 0.213 e. The van der Waals surface area contributed by atoms with Gasteiger partial charge in [-0.05, 0) is 11.1 Å². The molecule has 88 valence electrons. The Morgan fingerprint density at radius 2 is 1.94 bits per heavy atom. The first-order valence-electron chi connectivity index (χ1n) is 5.16. The number of halogens is 2. The van der Waals surface area contributed by atoms with Gasteiger partial charge in [-0.3, -0.25) is 0 Å². The molecule has 2 rings (SSSR count). The average molecular weight is 268 g/mol. The fraction of sp³-hybridized carbons (Fsp3) is 0.154. The molecular formula is C13H11Cl2NO. The van der Waals surface area contributed by atoms with Crippen molar-refractivity contribution in [2.75, 3.05) is 0 Å². The lowest BCUT2D eigenvalue weighted by Gasteiger charge is -2.07. The summed E-state index contributed by atoms with van der Waals surface area (Å²) in [5.74, 6) is 0.886. The Balaban J connectivity index is 2.04. The lowest BCUT2D eigenvalue weighted by molar-refractivity contribution is 0.293. The van der Waals surface area contributed by atoms with Crippen molar-refractivity contribution in [3.63, 3.8) is 0 Å². The van der Waals surface area contributed by atoms with E-state index in [1.54, 1.807) is 12.3 Å². The molecule has 2 nitrogen and oxygen atoms in total. The number of hydrogen-bond donors (Lipinski definition) is 0. The Morgan fingerprint density at radius 3 is 2.65 bits per heavy atom. The molecule has 2 aromatic rings. The molecule has 0 N–H and O–H groups in total. The molecule has 0 aliphatic rings. The van der Waals surface area contributed by atoms with Gasteiger partial charge in [0.1, 0.15) is 6.61 Å². The largest absolute Gasteiger partial charge is 0.473 e. The van der Waals surface area contributed by atoms with Crippen molar-refractivity contribution in [1.29, 1.82) is 0 Å². The summed E-state index contributed by atoms with van der Waals surface area (Å²) in [7, 11) is 0. The van der Waals surface area contributed by atoms with Crippen LogP contribution in [-0.2, 0) is 12.5 Å².